The van der Waals surface area contributed by atoms with Crippen molar-refractivity contribution in [1.29, 1.82) is 5.41 Å². The summed E-state index contributed by atoms with van der Waals surface area (Å²) in [5.41, 5.74) is -3.29. The number of halogens is 6. The molecule has 4 aliphatic carbocycles. The van der Waals surface area contributed by atoms with Gasteiger partial charge in [-0.25, -0.2) is 8.78 Å². The number of hydrogen-bond acceptors (Lipinski definition) is 3. The third-order valence-corrected chi connectivity index (χ3v) is 9.29. The van der Waals surface area contributed by atoms with E-state index < -0.39 is 52.2 Å². The zero-order valence-electron chi connectivity index (χ0n) is 20.4. The van der Waals surface area contributed by atoms with Gasteiger partial charge in [0.1, 0.15) is 0 Å². The van der Waals surface area contributed by atoms with Gasteiger partial charge in [-0.05, 0) is 50.7 Å². The lowest BCUT2D eigenvalue weighted by atomic mass is 9.34. The van der Waals surface area contributed by atoms with Crippen LogP contribution in [0.5, 0.6) is 0 Å². The molecule has 2 bridgehead atoms. The number of guanidine groups is 1. The average molecular weight is 547 g/mol. The monoisotopic (exact) mass is 546 g/mol. The van der Waals surface area contributed by atoms with Crippen molar-refractivity contribution in [1.82, 2.24) is 10.2 Å². The third-order valence-electron chi connectivity index (χ3n) is 8.89. The summed E-state index contributed by atoms with van der Waals surface area (Å²) in [4.78, 5) is 27.3. The van der Waals surface area contributed by atoms with Crippen LogP contribution in [0.1, 0.15) is 64.4 Å². The molecule has 0 radical (unpaired) electrons. The lowest BCUT2D eigenvalue weighted by molar-refractivity contribution is -0.349. The number of rotatable bonds is 4. The molecule has 1 aliphatic heterocycles. The number of nitrogens with zero attached hydrogens (tertiary/aromatic N) is 1. The third kappa shape index (κ3) is 3.90. The van der Waals surface area contributed by atoms with Gasteiger partial charge in [-0.15, -0.1) is 0 Å². The second-order valence-corrected chi connectivity index (χ2v) is 11.9. The molecule has 1 heterocycles. The summed E-state index contributed by atoms with van der Waals surface area (Å²) in [6, 6.07) is 4.27. The Balaban J connectivity index is 1.30. The highest BCUT2D eigenvalue weighted by Gasteiger charge is 2.80. The average Bonchev–Trinajstić information content (AvgIpc) is 2.68. The van der Waals surface area contributed by atoms with E-state index in [4.69, 9.17) is 17.0 Å². The predicted octanol–water partition coefficient (Wildman–Crippen LogP) is 5.81. The van der Waals surface area contributed by atoms with Crippen LogP contribution in [-0.4, -0.2) is 40.8 Å². The Morgan fingerprint density at radius 3 is 2.46 bits per heavy atom. The molecule has 4 saturated carbocycles. The smallest absolute Gasteiger partial charge is 0.346 e. The van der Waals surface area contributed by atoms with E-state index in [1.165, 1.54) is 17.9 Å². The van der Waals surface area contributed by atoms with Crippen molar-refractivity contribution >= 4 is 35.1 Å². The van der Waals surface area contributed by atoms with Crippen molar-refractivity contribution in [2.75, 3.05) is 5.32 Å². The molecule has 2 amide bonds. The molecule has 3 atom stereocenters. The van der Waals surface area contributed by atoms with Crippen LogP contribution in [0.15, 0.2) is 18.2 Å². The SMILES string of the molecule is C[C@H]1C[C@@H](N2C(=N)N[C@](C)(c3cccc(NC(=O)C45CC(C(F)(F)F)(C4)C5)c3Cl)CC2=O)CCC1(F)F. The van der Waals surface area contributed by atoms with Gasteiger partial charge in [0.25, 0.3) is 5.92 Å². The molecule has 3 N–H and O–H groups in total. The van der Waals surface area contributed by atoms with Gasteiger partial charge in [0.05, 0.1) is 33.5 Å². The van der Waals surface area contributed by atoms with Crippen LogP contribution in [0.4, 0.5) is 27.6 Å². The Bertz CT molecular complexity index is 1150. The molecule has 1 aromatic rings. The van der Waals surface area contributed by atoms with Crippen LogP contribution < -0.4 is 10.6 Å². The lowest BCUT2D eigenvalue weighted by Gasteiger charge is -2.69. The van der Waals surface area contributed by atoms with Gasteiger partial charge in [0.15, 0.2) is 5.96 Å². The molecule has 0 spiro atoms. The van der Waals surface area contributed by atoms with Gasteiger partial charge in [0.2, 0.25) is 11.8 Å². The fourth-order valence-electron chi connectivity index (χ4n) is 6.60. The fraction of sp³-hybridized carbons (Fsp3) is 0.640. The van der Waals surface area contributed by atoms with Crippen molar-refractivity contribution in [3.63, 3.8) is 0 Å². The zero-order chi connectivity index (χ0) is 27.2. The van der Waals surface area contributed by atoms with E-state index in [1.807, 2.05) is 0 Å². The van der Waals surface area contributed by atoms with Crippen LogP contribution in [0.2, 0.25) is 5.02 Å². The topological polar surface area (TPSA) is 85.3 Å². The first kappa shape index (κ1) is 26.2. The standard InChI is InChI=1S/C25H28ClF5N4O2/c1-13-8-14(6-7-24(13,27)28)35-17(36)9-21(2,34-20(35)32)15-4-3-5-16(18(15)26)33-19(37)22-10-23(11-22,12-22)25(29,30)31/h3-5,13-14H,6-12H2,1-2H3,(H2,32,34)(H,33,37)/t13-,14-,21-,22?,23?/m0/s1. The summed E-state index contributed by atoms with van der Waals surface area (Å²) in [7, 11) is 0. The van der Waals surface area contributed by atoms with E-state index >= 15 is 0 Å². The number of carbonyl (C=O) groups excluding carboxylic acids is 2. The minimum atomic E-state index is -4.32. The Labute approximate surface area is 215 Å². The number of benzene rings is 1. The maximum atomic E-state index is 14.0. The van der Waals surface area contributed by atoms with Gasteiger partial charge in [0, 0.05) is 18.4 Å². The van der Waals surface area contributed by atoms with E-state index in [1.54, 1.807) is 19.1 Å². The van der Waals surface area contributed by atoms with Crippen LogP contribution in [0.3, 0.4) is 0 Å². The minimum Gasteiger partial charge on any atom is -0.346 e. The van der Waals surface area contributed by atoms with Crippen LogP contribution >= 0.6 is 11.6 Å². The van der Waals surface area contributed by atoms with Crippen LogP contribution in [0, 0.1) is 22.2 Å². The maximum Gasteiger partial charge on any atom is 0.394 e. The normalized spacial score (nSPS) is 36.8. The van der Waals surface area contributed by atoms with E-state index in [0.717, 1.165) is 0 Å². The molecule has 202 valence electrons. The quantitative estimate of drug-likeness (QED) is 0.417. The zero-order valence-corrected chi connectivity index (χ0v) is 21.1. The summed E-state index contributed by atoms with van der Waals surface area (Å²) in [5, 5.41) is 14.3. The number of nitrogens with one attached hydrogen (secondary N) is 3. The molecule has 5 fully saturated rings. The Morgan fingerprint density at radius 2 is 1.89 bits per heavy atom. The van der Waals surface area contributed by atoms with Crippen molar-refractivity contribution < 1.29 is 31.5 Å². The lowest BCUT2D eigenvalue weighted by Crippen LogP contribution is -2.71. The summed E-state index contributed by atoms with van der Waals surface area (Å²) < 4.78 is 67.4. The number of anilines is 1. The highest BCUT2D eigenvalue weighted by Crippen LogP contribution is 2.78. The van der Waals surface area contributed by atoms with Gasteiger partial charge < -0.3 is 10.6 Å². The van der Waals surface area contributed by atoms with Gasteiger partial charge in [-0.1, -0.05) is 30.7 Å². The Morgan fingerprint density at radius 1 is 1.24 bits per heavy atom. The molecule has 0 aromatic heterocycles. The Hall–Kier alpha value is -2.43. The van der Waals surface area contributed by atoms with E-state index in [0.29, 0.717) is 5.56 Å². The molecular weight excluding hydrogens is 519 g/mol. The molecule has 6 rings (SSSR count). The molecule has 6 nitrogen and oxygen atoms in total. The first-order chi connectivity index (χ1) is 17.0. The first-order valence-electron chi connectivity index (χ1n) is 12.3. The van der Waals surface area contributed by atoms with Crippen molar-refractivity contribution in [2.45, 2.75) is 82.5 Å². The maximum absolute atomic E-state index is 14.0. The molecule has 0 unspecified atom stereocenters. The highest BCUT2D eigenvalue weighted by atomic mass is 35.5. The molecule has 12 heteroatoms. The van der Waals surface area contributed by atoms with Crippen LogP contribution in [-0.2, 0) is 15.1 Å². The van der Waals surface area contributed by atoms with E-state index in [2.05, 4.69) is 10.6 Å². The van der Waals surface area contributed by atoms with Crippen molar-refractivity contribution in [3.05, 3.63) is 28.8 Å². The second-order valence-electron chi connectivity index (χ2n) is 11.5. The van der Waals surface area contributed by atoms with E-state index in [9.17, 15) is 31.5 Å². The van der Waals surface area contributed by atoms with E-state index in [-0.39, 0.29) is 61.6 Å². The summed E-state index contributed by atoms with van der Waals surface area (Å²) >= 11 is 6.62. The van der Waals surface area contributed by atoms with Gasteiger partial charge in [-0.2, -0.15) is 13.2 Å². The first-order valence-corrected chi connectivity index (χ1v) is 12.6. The fourth-order valence-corrected chi connectivity index (χ4v) is 6.99. The largest absolute Gasteiger partial charge is 0.394 e. The number of carbonyl (C=O) groups is 2. The molecule has 1 aromatic carbocycles. The summed E-state index contributed by atoms with van der Waals surface area (Å²) in [6.45, 7) is 3.12. The van der Waals surface area contributed by atoms with Gasteiger partial charge in [-0.3, -0.25) is 19.9 Å². The molecule has 5 aliphatic rings. The van der Waals surface area contributed by atoms with Crippen molar-refractivity contribution in [3.8, 4) is 0 Å². The number of alkyl halides is 5. The van der Waals surface area contributed by atoms with Crippen LogP contribution in [0.25, 0.3) is 0 Å². The number of hydrogen-bond donors (Lipinski definition) is 3. The predicted molar refractivity (Wildman–Crippen MR) is 126 cm³/mol. The summed E-state index contributed by atoms with van der Waals surface area (Å²) in [6.07, 6.45) is -5.33. The highest BCUT2D eigenvalue weighted by molar-refractivity contribution is 6.34. The van der Waals surface area contributed by atoms with Gasteiger partial charge >= 0.3 is 6.18 Å². The molecule has 1 saturated heterocycles. The minimum absolute atomic E-state index is 0.0825. The molecule has 37 heavy (non-hydrogen) atoms. The van der Waals surface area contributed by atoms with Crippen molar-refractivity contribution in [2.24, 2.45) is 16.7 Å². The second kappa shape index (κ2) is 8.04. The Kier molecular flexibility index (Phi) is 5.69. The summed E-state index contributed by atoms with van der Waals surface area (Å²) in [5.74, 6) is -4.84. The number of amides is 2. The molecular formula is C25H28ClF5N4O2.